The molecule has 3 N–H and O–H groups in total. The molecule has 0 fully saturated rings. The van der Waals surface area contributed by atoms with Crippen molar-refractivity contribution in [3.8, 4) is 0 Å². The number of nitrogens with two attached hydrogens (primary N) is 1. The first kappa shape index (κ1) is 12.1. The van der Waals surface area contributed by atoms with E-state index in [0.29, 0.717) is 10.8 Å². The molecular formula is C11H16N2OS. The predicted octanol–water partition coefficient (Wildman–Crippen LogP) is 1.93. The molecule has 0 bridgehead atoms. The van der Waals surface area contributed by atoms with Crippen molar-refractivity contribution < 1.29 is 4.79 Å². The Hall–Kier alpha value is -1.00. The summed E-state index contributed by atoms with van der Waals surface area (Å²) in [4.78, 5) is 11.1. The van der Waals surface area contributed by atoms with Crippen LogP contribution >= 0.6 is 11.8 Å². The van der Waals surface area contributed by atoms with E-state index in [4.69, 9.17) is 5.84 Å². The Kier molecular flexibility index (Phi) is 4.65. The van der Waals surface area contributed by atoms with Crippen molar-refractivity contribution in [2.45, 2.75) is 24.9 Å². The summed E-state index contributed by atoms with van der Waals surface area (Å²) in [5.41, 5.74) is 3.92. The normalized spacial score (nSPS) is 10.4. The molecule has 4 heteroatoms. The van der Waals surface area contributed by atoms with Crippen LogP contribution in [0.1, 0.15) is 29.8 Å². The molecular weight excluding hydrogens is 208 g/mol. The van der Waals surface area contributed by atoms with Crippen molar-refractivity contribution in [3.05, 3.63) is 35.4 Å². The summed E-state index contributed by atoms with van der Waals surface area (Å²) in [6.45, 7) is 4.34. The Morgan fingerprint density at radius 3 is 2.47 bits per heavy atom. The quantitative estimate of drug-likeness (QED) is 0.467. The van der Waals surface area contributed by atoms with E-state index in [2.05, 4.69) is 19.3 Å². The third kappa shape index (κ3) is 3.93. The van der Waals surface area contributed by atoms with Gasteiger partial charge in [0, 0.05) is 11.3 Å². The molecule has 82 valence electrons. The summed E-state index contributed by atoms with van der Waals surface area (Å²) in [6, 6.07) is 7.50. The molecule has 15 heavy (non-hydrogen) atoms. The first-order chi connectivity index (χ1) is 7.13. The summed E-state index contributed by atoms with van der Waals surface area (Å²) >= 11 is 1.88. The van der Waals surface area contributed by atoms with E-state index in [1.807, 2.05) is 23.9 Å². The van der Waals surface area contributed by atoms with Crippen LogP contribution in [0.4, 0.5) is 0 Å². The number of amides is 1. The molecule has 0 saturated heterocycles. The Labute approximate surface area is 94.4 Å². The molecule has 1 aromatic rings. The summed E-state index contributed by atoms with van der Waals surface area (Å²) in [5, 5.41) is 0.622. The van der Waals surface area contributed by atoms with Crippen LogP contribution in [0.25, 0.3) is 0 Å². The lowest BCUT2D eigenvalue weighted by molar-refractivity contribution is 0.0953. The van der Waals surface area contributed by atoms with Gasteiger partial charge in [0.1, 0.15) is 0 Å². The average molecular weight is 224 g/mol. The van der Waals surface area contributed by atoms with Gasteiger partial charge in [-0.25, -0.2) is 5.84 Å². The van der Waals surface area contributed by atoms with Crippen LogP contribution in [0.5, 0.6) is 0 Å². The molecule has 0 aliphatic heterocycles. The standard InChI is InChI=1S/C11H16N2OS/c1-8(2)15-7-9-3-5-10(6-4-9)11(14)13-12/h3-6,8H,7,12H2,1-2H3,(H,13,14). The lowest BCUT2D eigenvalue weighted by atomic mass is 10.1. The monoisotopic (exact) mass is 224 g/mol. The van der Waals surface area contributed by atoms with E-state index in [1.54, 1.807) is 12.1 Å². The maximum Gasteiger partial charge on any atom is 0.265 e. The van der Waals surface area contributed by atoms with Crippen molar-refractivity contribution in [1.29, 1.82) is 0 Å². The molecule has 0 atom stereocenters. The second-order valence-corrected chi connectivity index (χ2v) is 5.09. The molecule has 0 unspecified atom stereocenters. The molecule has 0 aromatic heterocycles. The highest BCUT2D eigenvalue weighted by Crippen LogP contribution is 2.17. The van der Waals surface area contributed by atoms with E-state index in [9.17, 15) is 4.79 Å². The number of hydrogen-bond donors (Lipinski definition) is 2. The summed E-state index contributed by atoms with van der Waals surface area (Å²) < 4.78 is 0. The number of nitrogens with one attached hydrogen (secondary N) is 1. The van der Waals surface area contributed by atoms with E-state index in [0.717, 1.165) is 5.75 Å². The molecule has 0 radical (unpaired) electrons. The minimum atomic E-state index is -0.252. The number of nitrogen functional groups attached to an aromatic ring is 1. The lowest BCUT2D eigenvalue weighted by Crippen LogP contribution is -2.29. The Morgan fingerprint density at radius 2 is 2.00 bits per heavy atom. The van der Waals surface area contributed by atoms with Gasteiger partial charge in [-0.15, -0.1) is 0 Å². The summed E-state index contributed by atoms with van der Waals surface area (Å²) in [5.74, 6) is 5.76. The Balaban J connectivity index is 2.60. The summed E-state index contributed by atoms with van der Waals surface area (Å²) in [7, 11) is 0. The summed E-state index contributed by atoms with van der Waals surface area (Å²) in [6.07, 6.45) is 0. The zero-order valence-corrected chi connectivity index (χ0v) is 9.80. The second kappa shape index (κ2) is 5.78. The zero-order valence-electron chi connectivity index (χ0n) is 8.99. The minimum absolute atomic E-state index is 0.252. The fraction of sp³-hybridized carbons (Fsp3) is 0.364. The third-order valence-corrected chi connectivity index (χ3v) is 3.10. The number of hydrazine groups is 1. The number of thioether (sulfide) groups is 1. The van der Waals surface area contributed by atoms with Crippen LogP contribution < -0.4 is 11.3 Å². The van der Waals surface area contributed by atoms with Crippen molar-refractivity contribution in [1.82, 2.24) is 5.43 Å². The van der Waals surface area contributed by atoms with Gasteiger partial charge >= 0.3 is 0 Å². The fourth-order valence-corrected chi connectivity index (χ4v) is 1.82. The van der Waals surface area contributed by atoms with Gasteiger partial charge in [-0.1, -0.05) is 26.0 Å². The molecule has 3 nitrogen and oxygen atoms in total. The van der Waals surface area contributed by atoms with Crippen LogP contribution in [-0.4, -0.2) is 11.2 Å². The third-order valence-electron chi connectivity index (χ3n) is 1.93. The maximum absolute atomic E-state index is 11.1. The first-order valence-corrected chi connectivity index (χ1v) is 5.90. The zero-order chi connectivity index (χ0) is 11.3. The van der Waals surface area contributed by atoms with Crippen LogP contribution in [-0.2, 0) is 5.75 Å². The molecule has 1 rings (SSSR count). The van der Waals surface area contributed by atoms with Gasteiger partial charge in [-0.05, 0) is 22.9 Å². The Morgan fingerprint density at radius 1 is 1.40 bits per heavy atom. The van der Waals surface area contributed by atoms with Crippen molar-refractivity contribution in [2.24, 2.45) is 5.84 Å². The van der Waals surface area contributed by atoms with E-state index < -0.39 is 0 Å². The van der Waals surface area contributed by atoms with Gasteiger partial charge in [0.05, 0.1) is 0 Å². The van der Waals surface area contributed by atoms with Gasteiger partial charge in [-0.3, -0.25) is 10.2 Å². The van der Waals surface area contributed by atoms with Crippen LogP contribution in [0.2, 0.25) is 0 Å². The highest BCUT2D eigenvalue weighted by molar-refractivity contribution is 7.99. The van der Waals surface area contributed by atoms with Crippen LogP contribution in [0.15, 0.2) is 24.3 Å². The van der Waals surface area contributed by atoms with Crippen molar-refractivity contribution >= 4 is 17.7 Å². The van der Waals surface area contributed by atoms with E-state index >= 15 is 0 Å². The van der Waals surface area contributed by atoms with Gasteiger partial charge in [0.15, 0.2) is 0 Å². The minimum Gasteiger partial charge on any atom is -0.290 e. The predicted molar refractivity (Wildman–Crippen MR) is 64.5 cm³/mol. The number of carbonyl (C=O) groups is 1. The number of benzene rings is 1. The fourth-order valence-electron chi connectivity index (χ4n) is 1.10. The highest BCUT2D eigenvalue weighted by Gasteiger charge is 2.03. The molecule has 0 aliphatic rings. The first-order valence-electron chi connectivity index (χ1n) is 4.85. The van der Waals surface area contributed by atoms with E-state index in [-0.39, 0.29) is 5.91 Å². The molecule has 0 spiro atoms. The Bertz CT molecular complexity index is 322. The number of rotatable bonds is 4. The van der Waals surface area contributed by atoms with Crippen LogP contribution in [0, 0.1) is 0 Å². The van der Waals surface area contributed by atoms with Crippen LogP contribution in [0.3, 0.4) is 0 Å². The van der Waals surface area contributed by atoms with Crippen molar-refractivity contribution in [3.63, 3.8) is 0 Å². The van der Waals surface area contributed by atoms with Crippen molar-refractivity contribution in [2.75, 3.05) is 0 Å². The van der Waals surface area contributed by atoms with E-state index in [1.165, 1.54) is 5.56 Å². The average Bonchev–Trinajstić information content (AvgIpc) is 2.26. The SMILES string of the molecule is CC(C)SCc1ccc(C(=O)NN)cc1. The van der Waals surface area contributed by atoms with Gasteiger partial charge in [0.25, 0.3) is 5.91 Å². The molecule has 0 saturated carbocycles. The molecule has 0 aliphatic carbocycles. The molecule has 1 aromatic carbocycles. The molecule has 0 heterocycles. The van der Waals surface area contributed by atoms with Gasteiger partial charge in [-0.2, -0.15) is 11.8 Å². The lowest BCUT2D eigenvalue weighted by Gasteiger charge is -2.05. The van der Waals surface area contributed by atoms with Gasteiger partial charge < -0.3 is 0 Å². The largest absolute Gasteiger partial charge is 0.290 e. The maximum atomic E-state index is 11.1. The van der Waals surface area contributed by atoms with Gasteiger partial charge in [0.2, 0.25) is 0 Å². The number of carbonyl (C=O) groups excluding carboxylic acids is 1. The second-order valence-electron chi connectivity index (χ2n) is 3.53. The molecule has 1 amide bonds. The number of hydrogen-bond acceptors (Lipinski definition) is 3. The topological polar surface area (TPSA) is 55.1 Å². The smallest absolute Gasteiger partial charge is 0.265 e. The highest BCUT2D eigenvalue weighted by atomic mass is 32.2.